The van der Waals surface area contributed by atoms with E-state index in [-0.39, 0.29) is 12.3 Å². The number of carbonyl (C=O) groups is 1. The minimum atomic E-state index is -0.109. The number of anilines is 1. The van der Waals surface area contributed by atoms with Gasteiger partial charge in [0, 0.05) is 26.9 Å². The first-order valence-corrected chi connectivity index (χ1v) is 10.1. The van der Waals surface area contributed by atoms with Crippen molar-refractivity contribution in [3.05, 3.63) is 75.2 Å². The number of carbonyl (C=O) groups excluding carboxylic acids is 1. The molecule has 1 aromatic heterocycles. The first kappa shape index (κ1) is 18.3. The number of hydrogen-bond acceptors (Lipinski definition) is 4. The molecule has 1 N–H and O–H groups in total. The Morgan fingerprint density at radius 1 is 1.12 bits per heavy atom. The third-order valence-electron chi connectivity index (χ3n) is 3.26. The second-order valence-corrected chi connectivity index (χ2v) is 8.21. The fraction of sp³-hybridized carbons (Fsp3) is 0.111. The van der Waals surface area contributed by atoms with Crippen molar-refractivity contribution >= 4 is 57.9 Å². The van der Waals surface area contributed by atoms with Gasteiger partial charge in [-0.25, -0.2) is 4.98 Å². The maximum Gasteiger partial charge on any atom is 0.230 e. The summed E-state index contributed by atoms with van der Waals surface area (Å²) < 4.78 is 0.945. The number of hydrogen-bond donors (Lipinski definition) is 1. The summed E-state index contributed by atoms with van der Waals surface area (Å²) in [4.78, 5) is 16.6. The lowest BCUT2D eigenvalue weighted by Crippen LogP contribution is -2.14. The molecule has 0 saturated heterocycles. The van der Waals surface area contributed by atoms with Crippen LogP contribution in [0, 0.1) is 0 Å². The number of thioether (sulfide) groups is 1. The van der Waals surface area contributed by atoms with Crippen LogP contribution >= 0.6 is 46.3 Å². The Morgan fingerprint density at radius 3 is 2.68 bits per heavy atom. The second-order valence-electron chi connectivity index (χ2n) is 5.26. The van der Waals surface area contributed by atoms with Crippen LogP contribution in [0.25, 0.3) is 0 Å². The van der Waals surface area contributed by atoms with Crippen molar-refractivity contribution in [2.24, 2.45) is 0 Å². The van der Waals surface area contributed by atoms with Gasteiger partial charge in [-0.2, -0.15) is 0 Å². The normalized spacial score (nSPS) is 10.6. The molecule has 0 radical (unpaired) electrons. The van der Waals surface area contributed by atoms with Crippen LogP contribution in [0.4, 0.5) is 5.69 Å². The highest BCUT2D eigenvalue weighted by Gasteiger charge is 2.09. The molecule has 128 valence electrons. The lowest BCUT2D eigenvalue weighted by Gasteiger charge is -2.04. The number of nitrogens with one attached hydrogen (secondary N) is 1. The maximum absolute atomic E-state index is 12.1. The largest absolute Gasteiger partial charge is 0.326 e. The van der Waals surface area contributed by atoms with Gasteiger partial charge in [0.15, 0.2) is 0 Å². The van der Waals surface area contributed by atoms with E-state index in [1.807, 2.05) is 29.6 Å². The van der Waals surface area contributed by atoms with E-state index in [2.05, 4.69) is 10.3 Å². The Hall–Kier alpha value is -1.53. The Labute approximate surface area is 164 Å². The van der Waals surface area contributed by atoms with Gasteiger partial charge in [-0.15, -0.1) is 11.3 Å². The first-order valence-electron chi connectivity index (χ1n) is 7.45. The number of benzene rings is 2. The number of nitrogens with zero attached hydrogens (tertiary/aromatic N) is 1. The molecule has 3 rings (SSSR count). The molecule has 0 aliphatic heterocycles. The van der Waals surface area contributed by atoms with Crippen molar-refractivity contribution < 1.29 is 4.79 Å². The number of amides is 1. The van der Waals surface area contributed by atoms with Crippen molar-refractivity contribution in [2.75, 3.05) is 5.32 Å². The minimum absolute atomic E-state index is 0.109. The van der Waals surface area contributed by atoms with E-state index < -0.39 is 0 Å². The average molecular weight is 409 g/mol. The molecule has 1 heterocycles. The molecule has 3 nitrogen and oxygen atoms in total. The lowest BCUT2D eigenvalue weighted by atomic mass is 10.2. The summed E-state index contributed by atoms with van der Waals surface area (Å²) in [6, 6.07) is 14.8. The molecule has 7 heteroatoms. The Kier molecular flexibility index (Phi) is 6.37. The van der Waals surface area contributed by atoms with E-state index in [0.717, 1.165) is 20.8 Å². The molecule has 0 fully saturated rings. The quantitative estimate of drug-likeness (QED) is 0.514. The minimum Gasteiger partial charge on any atom is -0.326 e. The van der Waals surface area contributed by atoms with Crippen LogP contribution in [0.5, 0.6) is 0 Å². The molecule has 0 unspecified atom stereocenters. The van der Waals surface area contributed by atoms with E-state index in [9.17, 15) is 4.79 Å². The van der Waals surface area contributed by atoms with Crippen molar-refractivity contribution in [1.29, 1.82) is 0 Å². The highest BCUT2D eigenvalue weighted by Crippen LogP contribution is 2.27. The van der Waals surface area contributed by atoms with Gasteiger partial charge in [-0.05, 0) is 35.9 Å². The van der Waals surface area contributed by atoms with Gasteiger partial charge in [0.25, 0.3) is 0 Å². The molecule has 0 atom stereocenters. The highest BCUT2D eigenvalue weighted by molar-refractivity contribution is 8.00. The summed E-state index contributed by atoms with van der Waals surface area (Å²) in [5.41, 5.74) is 2.64. The fourth-order valence-electron chi connectivity index (χ4n) is 2.10. The fourth-order valence-corrected chi connectivity index (χ4v) is 4.21. The topological polar surface area (TPSA) is 42.0 Å². The standard InChI is InChI=1S/C18H14Cl2N2OS2/c19-13-6-4-12(5-7-13)10-24-18-22-16(11-25-18)9-17(23)21-15-3-1-2-14(20)8-15/h1-8,11H,9-10H2,(H,21,23). The number of thiazole rings is 1. The zero-order valence-corrected chi connectivity index (χ0v) is 16.2. The molecule has 0 aliphatic rings. The summed E-state index contributed by atoms with van der Waals surface area (Å²) >= 11 is 15.0. The van der Waals surface area contributed by atoms with E-state index in [1.165, 1.54) is 5.56 Å². The molecule has 3 aromatic rings. The molecule has 0 aliphatic carbocycles. The Balaban J connectivity index is 1.52. The zero-order valence-electron chi connectivity index (χ0n) is 13.0. The van der Waals surface area contributed by atoms with Gasteiger partial charge < -0.3 is 5.32 Å². The average Bonchev–Trinajstić information content (AvgIpc) is 3.01. The van der Waals surface area contributed by atoms with Crippen LogP contribution in [-0.4, -0.2) is 10.9 Å². The summed E-state index contributed by atoms with van der Waals surface area (Å²) in [5.74, 6) is 0.709. The van der Waals surface area contributed by atoms with Crippen LogP contribution in [0.3, 0.4) is 0 Å². The van der Waals surface area contributed by atoms with Crippen LogP contribution in [0.15, 0.2) is 58.3 Å². The number of halogens is 2. The third-order valence-corrected chi connectivity index (χ3v) is 5.88. The molecular weight excluding hydrogens is 395 g/mol. The summed E-state index contributed by atoms with van der Waals surface area (Å²) in [6.45, 7) is 0. The van der Waals surface area contributed by atoms with Crippen molar-refractivity contribution in [1.82, 2.24) is 4.98 Å². The van der Waals surface area contributed by atoms with Crippen LogP contribution in [-0.2, 0) is 17.0 Å². The van der Waals surface area contributed by atoms with Gasteiger partial charge in [0.2, 0.25) is 5.91 Å². The molecule has 0 saturated carbocycles. The zero-order chi connectivity index (χ0) is 17.6. The van der Waals surface area contributed by atoms with E-state index in [4.69, 9.17) is 23.2 Å². The van der Waals surface area contributed by atoms with E-state index >= 15 is 0 Å². The van der Waals surface area contributed by atoms with Gasteiger partial charge in [0.05, 0.1) is 12.1 Å². The molecule has 0 spiro atoms. The maximum atomic E-state index is 12.1. The van der Waals surface area contributed by atoms with Gasteiger partial charge in [-0.3, -0.25) is 4.79 Å². The monoisotopic (exact) mass is 408 g/mol. The Bertz CT molecular complexity index is 866. The molecule has 0 bridgehead atoms. The van der Waals surface area contributed by atoms with Crippen molar-refractivity contribution in [3.8, 4) is 0 Å². The van der Waals surface area contributed by atoms with Crippen LogP contribution in [0.2, 0.25) is 10.0 Å². The molecule has 25 heavy (non-hydrogen) atoms. The summed E-state index contributed by atoms with van der Waals surface area (Å²) in [7, 11) is 0. The second kappa shape index (κ2) is 8.72. The van der Waals surface area contributed by atoms with Crippen LogP contribution < -0.4 is 5.32 Å². The first-order chi connectivity index (χ1) is 12.1. The molecular formula is C18H14Cl2N2OS2. The van der Waals surface area contributed by atoms with Gasteiger partial charge in [0.1, 0.15) is 4.34 Å². The predicted octanol–water partition coefficient (Wildman–Crippen LogP) is 5.92. The molecule has 1 amide bonds. The Morgan fingerprint density at radius 2 is 1.92 bits per heavy atom. The lowest BCUT2D eigenvalue weighted by molar-refractivity contribution is -0.115. The molecule has 2 aromatic carbocycles. The van der Waals surface area contributed by atoms with Crippen LogP contribution in [0.1, 0.15) is 11.3 Å². The predicted molar refractivity (Wildman–Crippen MR) is 107 cm³/mol. The third kappa shape index (κ3) is 5.75. The summed E-state index contributed by atoms with van der Waals surface area (Å²) in [6.07, 6.45) is 0.241. The van der Waals surface area contributed by atoms with Gasteiger partial charge >= 0.3 is 0 Å². The van der Waals surface area contributed by atoms with Gasteiger partial charge in [-0.1, -0.05) is 53.2 Å². The summed E-state index contributed by atoms with van der Waals surface area (Å²) in [5, 5.41) is 6.07. The van der Waals surface area contributed by atoms with E-state index in [1.54, 1.807) is 47.4 Å². The number of aromatic nitrogens is 1. The number of rotatable bonds is 6. The smallest absolute Gasteiger partial charge is 0.230 e. The van der Waals surface area contributed by atoms with Crippen molar-refractivity contribution in [2.45, 2.75) is 16.5 Å². The van der Waals surface area contributed by atoms with Crippen molar-refractivity contribution in [3.63, 3.8) is 0 Å². The highest BCUT2D eigenvalue weighted by atomic mass is 35.5. The van der Waals surface area contributed by atoms with E-state index in [0.29, 0.717) is 10.7 Å². The SMILES string of the molecule is O=C(Cc1csc(SCc2ccc(Cl)cc2)n1)Nc1cccc(Cl)c1.